The summed E-state index contributed by atoms with van der Waals surface area (Å²) in [6.07, 6.45) is 23.4. The first kappa shape index (κ1) is 34.1. The molecule has 0 radical (unpaired) electrons. The molecule has 0 saturated heterocycles. The number of hydrogen-bond donors (Lipinski definition) is 2. The van der Waals surface area contributed by atoms with Gasteiger partial charge in [0, 0.05) is 0 Å². The fourth-order valence-electron chi connectivity index (χ4n) is 5.31. The summed E-state index contributed by atoms with van der Waals surface area (Å²) in [4.78, 5) is 35.2. The molecule has 0 aromatic heterocycles. The number of allylic oxidation sites excluding steroid dienone is 2. The van der Waals surface area contributed by atoms with E-state index in [2.05, 4.69) is 19.1 Å². The van der Waals surface area contributed by atoms with E-state index in [1.54, 1.807) is 0 Å². The minimum absolute atomic E-state index is 0.186. The third kappa shape index (κ3) is 12.9. The largest absolute Gasteiger partial charge is 0.544 e. The minimum Gasteiger partial charge on any atom is -0.544 e. The van der Waals surface area contributed by atoms with E-state index in [4.69, 9.17) is 0 Å². The maximum Gasteiger partial charge on any atom is 0.362 e. The summed E-state index contributed by atoms with van der Waals surface area (Å²) in [6.45, 7) is 6.42. The third-order valence-electron chi connectivity index (χ3n) is 7.87. The molecule has 0 aliphatic carbocycles. The lowest BCUT2D eigenvalue weighted by Gasteiger charge is -2.49. The molecule has 0 aromatic rings. The molecule has 0 fully saturated rings. The Balaban J connectivity index is 4.16. The minimum atomic E-state index is -1.42. The first-order valence-electron chi connectivity index (χ1n) is 14.3. The number of carboxylic acids is 3. The number of rotatable bonds is 24. The summed E-state index contributed by atoms with van der Waals surface area (Å²) in [5.41, 5.74) is 0. The Morgan fingerprint density at radius 1 is 0.639 bits per heavy atom. The maximum absolute atomic E-state index is 11.8. The van der Waals surface area contributed by atoms with Crippen LogP contribution < -0.4 is 5.11 Å². The highest BCUT2D eigenvalue weighted by Gasteiger charge is 2.50. The van der Waals surface area contributed by atoms with E-state index >= 15 is 0 Å². The smallest absolute Gasteiger partial charge is 0.362 e. The number of unbranched alkanes of at least 4 members (excludes halogenated alkanes) is 15. The van der Waals surface area contributed by atoms with Crippen LogP contribution in [-0.4, -0.2) is 57.3 Å². The fourth-order valence-corrected chi connectivity index (χ4v) is 5.31. The highest BCUT2D eigenvalue weighted by Crippen LogP contribution is 2.27. The zero-order valence-electron chi connectivity index (χ0n) is 23.4. The Morgan fingerprint density at radius 2 is 0.972 bits per heavy atom. The van der Waals surface area contributed by atoms with Gasteiger partial charge in [0.1, 0.15) is 6.04 Å². The van der Waals surface area contributed by atoms with Gasteiger partial charge < -0.3 is 20.1 Å². The van der Waals surface area contributed by atoms with Crippen LogP contribution in [-0.2, 0) is 14.4 Å². The van der Waals surface area contributed by atoms with E-state index in [1.807, 2.05) is 0 Å². The molecular formula is C29H53NO6. The molecule has 0 bridgehead atoms. The van der Waals surface area contributed by atoms with E-state index in [9.17, 15) is 29.7 Å². The van der Waals surface area contributed by atoms with Gasteiger partial charge in [-0.15, -0.1) is 0 Å². The number of aliphatic carboxylic acids is 3. The lowest BCUT2D eigenvalue weighted by atomic mass is 9.99. The van der Waals surface area contributed by atoms with Gasteiger partial charge in [-0.3, -0.25) is 4.48 Å². The summed E-state index contributed by atoms with van der Waals surface area (Å²) >= 11 is 0. The molecule has 0 aliphatic rings. The second-order valence-electron chi connectivity index (χ2n) is 10.4. The van der Waals surface area contributed by atoms with Crippen molar-refractivity contribution in [2.45, 2.75) is 149 Å². The van der Waals surface area contributed by atoms with Gasteiger partial charge in [0.05, 0.1) is 12.5 Å². The molecule has 0 amide bonds. The number of nitrogens with zero attached hydrogens (tertiary/aromatic N) is 1. The summed E-state index contributed by atoms with van der Waals surface area (Å²) in [7, 11) is 0. The van der Waals surface area contributed by atoms with Gasteiger partial charge >= 0.3 is 11.9 Å². The molecule has 2 N–H and O–H groups in total. The molecule has 7 heteroatoms. The van der Waals surface area contributed by atoms with Gasteiger partial charge in [-0.05, 0) is 53.4 Å². The predicted molar refractivity (Wildman–Crippen MR) is 142 cm³/mol. The van der Waals surface area contributed by atoms with E-state index in [-0.39, 0.29) is 6.54 Å². The average Bonchev–Trinajstić information content (AvgIpc) is 2.84. The van der Waals surface area contributed by atoms with E-state index in [1.165, 1.54) is 97.8 Å². The van der Waals surface area contributed by atoms with Crippen molar-refractivity contribution in [1.82, 2.24) is 0 Å². The Morgan fingerprint density at radius 3 is 1.28 bits per heavy atom. The number of quaternary nitrogens is 1. The van der Waals surface area contributed by atoms with Gasteiger partial charge in [0.25, 0.3) is 0 Å². The van der Waals surface area contributed by atoms with Crippen molar-refractivity contribution >= 4 is 17.9 Å². The van der Waals surface area contributed by atoms with Gasteiger partial charge in [-0.2, -0.15) is 0 Å². The number of carbonyl (C=O) groups excluding carboxylic acids is 1. The molecule has 3 unspecified atom stereocenters. The highest BCUT2D eigenvalue weighted by molar-refractivity contribution is 5.76. The molecule has 0 spiro atoms. The Hall–Kier alpha value is -1.89. The molecule has 0 heterocycles. The summed E-state index contributed by atoms with van der Waals surface area (Å²) in [5, 5.41) is 30.9. The van der Waals surface area contributed by atoms with Crippen LogP contribution in [0.2, 0.25) is 0 Å². The van der Waals surface area contributed by atoms with E-state index in [0.717, 1.165) is 19.3 Å². The third-order valence-corrected chi connectivity index (χ3v) is 7.87. The lowest BCUT2D eigenvalue weighted by molar-refractivity contribution is -0.969. The van der Waals surface area contributed by atoms with Crippen LogP contribution in [0.25, 0.3) is 0 Å². The Labute approximate surface area is 219 Å². The van der Waals surface area contributed by atoms with Crippen LogP contribution in [0.3, 0.4) is 0 Å². The molecule has 0 aromatic carbocycles. The average molecular weight is 512 g/mol. The van der Waals surface area contributed by atoms with Gasteiger partial charge in [0.15, 0.2) is 12.1 Å². The van der Waals surface area contributed by atoms with Gasteiger partial charge in [-0.1, -0.05) is 89.2 Å². The SMILES string of the molecule is C/C=C/CCCCCCCCCCCCCCCCC[N+](C(C)C(=O)[O-])(C(C)C(=O)O)C(C)C(=O)O. The molecule has 36 heavy (non-hydrogen) atoms. The molecule has 210 valence electrons. The summed E-state index contributed by atoms with van der Waals surface area (Å²) in [6, 6.07) is -3.55. The highest BCUT2D eigenvalue weighted by atomic mass is 16.4. The zero-order chi connectivity index (χ0) is 27.4. The predicted octanol–water partition coefficient (Wildman–Crippen LogP) is 5.71. The Bertz CT molecular complexity index is 597. The van der Waals surface area contributed by atoms with Crippen molar-refractivity contribution in [3.05, 3.63) is 12.2 Å². The lowest BCUT2D eigenvalue weighted by Crippen LogP contribution is -2.72. The number of carbonyl (C=O) groups is 3. The van der Waals surface area contributed by atoms with Gasteiger partial charge in [-0.25, -0.2) is 9.59 Å². The molecular weight excluding hydrogens is 458 g/mol. The van der Waals surface area contributed by atoms with Crippen LogP contribution in [0.1, 0.15) is 130 Å². The fraction of sp³-hybridized carbons (Fsp3) is 0.828. The first-order chi connectivity index (χ1) is 17.1. The molecule has 0 aliphatic heterocycles. The van der Waals surface area contributed by atoms with Crippen LogP contribution in [0, 0.1) is 0 Å². The van der Waals surface area contributed by atoms with Crippen molar-refractivity contribution in [2.24, 2.45) is 0 Å². The van der Waals surface area contributed by atoms with Crippen molar-refractivity contribution < 1.29 is 34.2 Å². The summed E-state index contributed by atoms with van der Waals surface area (Å²) < 4.78 is -0.538. The molecule has 0 saturated carbocycles. The molecule has 7 nitrogen and oxygen atoms in total. The first-order valence-corrected chi connectivity index (χ1v) is 14.3. The number of carboxylic acid groups (broad SMARTS) is 3. The maximum atomic E-state index is 11.8. The topological polar surface area (TPSA) is 115 Å². The van der Waals surface area contributed by atoms with Gasteiger partial charge in [0.2, 0.25) is 0 Å². The van der Waals surface area contributed by atoms with Crippen LogP contribution in [0.4, 0.5) is 0 Å². The van der Waals surface area contributed by atoms with E-state index < -0.39 is 40.5 Å². The molecule has 3 atom stereocenters. The van der Waals surface area contributed by atoms with Crippen molar-refractivity contribution in [3.8, 4) is 0 Å². The monoisotopic (exact) mass is 511 g/mol. The summed E-state index contributed by atoms with van der Waals surface area (Å²) in [5.74, 6) is -3.82. The number of hydrogen-bond acceptors (Lipinski definition) is 4. The standard InChI is InChI=1S/C29H53NO6/c1-5-6-7-8-9-10-11-12-13-14-15-16-17-18-19-20-21-22-23-30(24(2)27(31)32,25(3)28(33)34)26(4)29(35)36/h5-6,24-26H,7-23H2,1-4H3,(H2-,31,32,33,34,35,36)/b6-5+. The van der Waals surface area contributed by atoms with Crippen LogP contribution in [0.5, 0.6) is 0 Å². The van der Waals surface area contributed by atoms with Crippen molar-refractivity contribution in [2.75, 3.05) is 6.54 Å². The molecule has 0 rings (SSSR count). The van der Waals surface area contributed by atoms with Crippen LogP contribution in [0.15, 0.2) is 12.2 Å². The van der Waals surface area contributed by atoms with Crippen LogP contribution >= 0.6 is 0 Å². The normalized spacial score (nSPS) is 15.9. The van der Waals surface area contributed by atoms with Crippen molar-refractivity contribution in [3.63, 3.8) is 0 Å². The van der Waals surface area contributed by atoms with Crippen molar-refractivity contribution in [1.29, 1.82) is 0 Å². The Kier molecular flexibility index (Phi) is 19.1. The quantitative estimate of drug-likeness (QED) is 0.0975. The zero-order valence-corrected chi connectivity index (χ0v) is 23.4. The van der Waals surface area contributed by atoms with E-state index in [0.29, 0.717) is 6.42 Å². The second kappa shape index (κ2) is 20.2. The second-order valence-corrected chi connectivity index (χ2v) is 10.4.